The molecule has 5 heteroatoms. The Labute approximate surface area is 82.0 Å². The zero-order valence-corrected chi connectivity index (χ0v) is 8.36. The standard InChI is InChI=1S/C7H8O3S.Mn/c1-6-2-4-7(5-3-6)11(8,9)10;/h2-5H,1H3,(H,8,9,10);. The fourth-order valence-corrected chi connectivity index (χ4v) is 1.19. The first-order valence-electron chi connectivity index (χ1n) is 3.04. The Hall–Kier alpha value is -0.351. The molecule has 1 N–H and O–H groups in total. The minimum absolute atomic E-state index is 0. The van der Waals surface area contributed by atoms with Crippen LogP contribution in [0.3, 0.4) is 0 Å². The fraction of sp³-hybridized carbons (Fsp3) is 0.143. The van der Waals surface area contributed by atoms with Crippen molar-refractivity contribution in [2.45, 2.75) is 11.8 Å². The molecular formula is C7H8MnO3S. The quantitative estimate of drug-likeness (QED) is 0.580. The Kier molecular flexibility index (Phi) is 3.93. The Morgan fingerprint density at radius 1 is 1.17 bits per heavy atom. The summed E-state index contributed by atoms with van der Waals surface area (Å²) in [6.45, 7) is 1.84. The van der Waals surface area contributed by atoms with Gasteiger partial charge in [-0.05, 0) is 19.1 Å². The molecule has 1 aromatic carbocycles. The van der Waals surface area contributed by atoms with Crippen LogP contribution < -0.4 is 0 Å². The van der Waals surface area contributed by atoms with E-state index in [2.05, 4.69) is 0 Å². The minimum atomic E-state index is -4.02. The van der Waals surface area contributed by atoms with E-state index in [9.17, 15) is 8.42 Å². The van der Waals surface area contributed by atoms with E-state index >= 15 is 0 Å². The number of rotatable bonds is 1. The van der Waals surface area contributed by atoms with Gasteiger partial charge in [-0.15, -0.1) is 0 Å². The van der Waals surface area contributed by atoms with Crippen molar-refractivity contribution in [2.24, 2.45) is 0 Å². The molecule has 3 nitrogen and oxygen atoms in total. The third-order valence-corrected chi connectivity index (χ3v) is 2.19. The Bertz CT molecular complexity index is 341. The third kappa shape index (κ3) is 2.95. The van der Waals surface area contributed by atoms with Crippen LogP contribution in [0.5, 0.6) is 0 Å². The summed E-state index contributed by atoms with van der Waals surface area (Å²) in [4.78, 5) is -0.0666. The zero-order chi connectivity index (χ0) is 8.48. The van der Waals surface area contributed by atoms with Crippen LogP contribution in [-0.2, 0) is 27.2 Å². The second-order valence-corrected chi connectivity index (χ2v) is 3.71. The van der Waals surface area contributed by atoms with Gasteiger partial charge in [-0.25, -0.2) is 0 Å². The molecule has 12 heavy (non-hydrogen) atoms. The van der Waals surface area contributed by atoms with E-state index in [4.69, 9.17) is 4.55 Å². The molecule has 0 amide bonds. The average molecular weight is 227 g/mol. The molecule has 0 saturated heterocycles. The number of benzene rings is 1. The van der Waals surface area contributed by atoms with Gasteiger partial charge in [-0.1, -0.05) is 17.7 Å². The van der Waals surface area contributed by atoms with Crippen LogP contribution in [0.2, 0.25) is 0 Å². The predicted octanol–water partition coefficient (Wildman–Crippen LogP) is 1.24. The molecule has 67 valence electrons. The van der Waals surface area contributed by atoms with Crippen LogP contribution in [0.1, 0.15) is 5.56 Å². The molecule has 0 aliphatic rings. The predicted molar refractivity (Wildman–Crippen MR) is 41.0 cm³/mol. The smallest absolute Gasteiger partial charge is 0.282 e. The number of hydrogen-bond acceptors (Lipinski definition) is 2. The van der Waals surface area contributed by atoms with Crippen molar-refractivity contribution in [1.82, 2.24) is 0 Å². The summed E-state index contributed by atoms with van der Waals surface area (Å²) in [6, 6.07) is 5.99. The van der Waals surface area contributed by atoms with E-state index in [0.29, 0.717) is 0 Å². The number of aryl methyl sites for hydroxylation is 1. The maximum Gasteiger partial charge on any atom is 0.294 e. The first kappa shape index (κ1) is 11.6. The van der Waals surface area contributed by atoms with Crippen molar-refractivity contribution in [3.63, 3.8) is 0 Å². The van der Waals surface area contributed by atoms with Crippen LogP contribution in [0, 0.1) is 6.92 Å². The topological polar surface area (TPSA) is 54.4 Å². The molecule has 0 aliphatic heterocycles. The molecule has 0 fully saturated rings. The molecule has 0 atom stereocenters. The van der Waals surface area contributed by atoms with Crippen LogP contribution in [-0.4, -0.2) is 13.0 Å². The second kappa shape index (κ2) is 4.05. The molecule has 0 heterocycles. The second-order valence-electron chi connectivity index (χ2n) is 2.29. The first-order valence-corrected chi connectivity index (χ1v) is 4.48. The average Bonchev–Trinajstić information content (AvgIpc) is 1.86. The molecule has 1 radical (unpaired) electrons. The molecule has 1 rings (SSSR count). The molecule has 0 bridgehead atoms. The van der Waals surface area contributed by atoms with E-state index in [1.165, 1.54) is 12.1 Å². The van der Waals surface area contributed by atoms with Crippen molar-refractivity contribution >= 4 is 10.1 Å². The Morgan fingerprint density at radius 3 is 1.92 bits per heavy atom. The van der Waals surface area contributed by atoms with Gasteiger partial charge in [-0.2, -0.15) is 8.42 Å². The van der Waals surface area contributed by atoms with Crippen LogP contribution in [0.25, 0.3) is 0 Å². The van der Waals surface area contributed by atoms with Gasteiger partial charge < -0.3 is 0 Å². The maximum atomic E-state index is 10.5. The maximum absolute atomic E-state index is 10.5. The molecule has 1 aromatic rings. The SMILES string of the molecule is Cc1ccc(S(=O)(=O)O)cc1.[Mn]. The van der Waals surface area contributed by atoms with E-state index in [1.54, 1.807) is 12.1 Å². The van der Waals surface area contributed by atoms with E-state index < -0.39 is 10.1 Å². The fourth-order valence-electron chi connectivity index (χ4n) is 0.710. The van der Waals surface area contributed by atoms with Gasteiger partial charge in [0, 0.05) is 17.1 Å². The summed E-state index contributed by atoms with van der Waals surface area (Å²) < 4.78 is 29.6. The van der Waals surface area contributed by atoms with Gasteiger partial charge in [0.2, 0.25) is 0 Å². The van der Waals surface area contributed by atoms with Gasteiger partial charge in [-0.3, -0.25) is 4.55 Å². The van der Waals surface area contributed by atoms with Gasteiger partial charge >= 0.3 is 0 Å². The molecule has 0 aromatic heterocycles. The van der Waals surface area contributed by atoms with Crippen LogP contribution in [0.15, 0.2) is 29.2 Å². The summed E-state index contributed by atoms with van der Waals surface area (Å²) in [5.41, 5.74) is 0.956. The monoisotopic (exact) mass is 227 g/mol. The molecule has 0 spiro atoms. The summed E-state index contributed by atoms with van der Waals surface area (Å²) >= 11 is 0. The van der Waals surface area contributed by atoms with Gasteiger partial charge in [0.1, 0.15) is 0 Å². The normalized spacial score (nSPS) is 10.5. The summed E-state index contributed by atoms with van der Waals surface area (Å²) in [5.74, 6) is 0. The molecule has 0 unspecified atom stereocenters. The van der Waals surface area contributed by atoms with Crippen molar-refractivity contribution < 1.29 is 30.0 Å². The summed E-state index contributed by atoms with van der Waals surface area (Å²) in [7, 11) is -4.02. The molecular weight excluding hydrogens is 219 g/mol. The number of hydrogen-bond donors (Lipinski definition) is 1. The van der Waals surface area contributed by atoms with Gasteiger partial charge in [0.05, 0.1) is 4.90 Å². The van der Waals surface area contributed by atoms with Gasteiger partial charge in [0.15, 0.2) is 0 Å². The van der Waals surface area contributed by atoms with E-state index in [-0.39, 0.29) is 22.0 Å². The Balaban J connectivity index is 0.00000121. The molecule has 0 aliphatic carbocycles. The van der Waals surface area contributed by atoms with Gasteiger partial charge in [0.25, 0.3) is 10.1 Å². The van der Waals surface area contributed by atoms with E-state index in [0.717, 1.165) is 5.56 Å². The summed E-state index contributed by atoms with van der Waals surface area (Å²) in [5, 5.41) is 0. The van der Waals surface area contributed by atoms with Crippen molar-refractivity contribution in [3.8, 4) is 0 Å². The zero-order valence-electron chi connectivity index (χ0n) is 6.36. The van der Waals surface area contributed by atoms with E-state index in [1.807, 2.05) is 6.92 Å². The first-order chi connectivity index (χ1) is 5.00. The largest absolute Gasteiger partial charge is 0.294 e. The Morgan fingerprint density at radius 2 is 1.58 bits per heavy atom. The minimum Gasteiger partial charge on any atom is -0.282 e. The van der Waals surface area contributed by atoms with Crippen LogP contribution in [0.4, 0.5) is 0 Å². The third-order valence-electron chi connectivity index (χ3n) is 1.32. The molecule has 0 saturated carbocycles. The van der Waals surface area contributed by atoms with Crippen molar-refractivity contribution in [2.75, 3.05) is 0 Å². The van der Waals surface area contributed by atoms with Crippen molar-refractivity contribution in [1.29, 1.82) is 0 Å². The van der Waals surface area contributed by atoms with Crippen molar-refractivity contribution in [3.05, 3.63) is 29.8 Å². The van der Waals surface area contributed by atoms with Crippen LogP contribution >= 0.6 is 0 Å². The summed E-state index contributed by atoms with van der Waals surface area (Å²) in [6.07, 6.45) is 0.